The van der Waals surface area contributed by atoms with Crippen molar-refractivity contribution in [3.8, 4) is 0 Å². The van der Waals surface area contributed by atoms with E-state index in [-0.39, 0.29) is 12.2 Å². The minimum Gasteiger partial charge on any atom is -0.391 e. The fourth-order valence-corrected chi connectivity index (χ4v) is 1.06. The van der Waals surface area contributed by atoms with E-state index in [4.69, 9.17) is 0 Å². The third-order valence-electron chi connectivity index (χ3n) is 1.99. The molecule has 1 aromatic carbocycles. The van der Waals surface area contributed by atoms with Crippen molar-refractivity contribution in [1.29, 1.82) is 0 Å². The maximum atomic E-state index is 13.1. The van der Waals surface area contributed by atoms with Crippen molar-refractivity contribution in [1.82, 2.24) is 0 Å². The molecule has 1 unspecified atom stereocenters. The summed E-state index contributed by atoms with van der Waals surface area (Å²) in [4.78, 5) is 0. The maximum absolute atomic E-state index is 13.1. The standard InChI is InChI=1S/C10H12F3NO/c1-2-7(15)5-14-9-4-6(11)3-8(12)10(9)13/h3-4,7,14-15H,2,5H2,1H3. The zero-order valence-corrected chi connectivity index (χ0v) is 8.23. The van der Waals surface area contributed by atoms with Gasteiger partial charge in [-0.25, -0.2) is 13.2 Å². The van der Waals surface area contributed by atoms with E-state index in [9.17, 15) is 18.3 Å². The summed E-state index contributed by atoms with van der Waals surface area (Å²) in [5, 5.41) is 11.6. The summed E-state index contributed by atoms with van der Waals surface area (Å²) in [7, 11) is 0. The van der Waals surface area contributed by atoms with Gasteiger partial charge in [0.1, 0.15) is 5.82 Å². The number of benzene rings is 1. The molecule has 0 spiro atoms. The molecule has 5 heteroatoms. The van der Waals surface area contributed by atoms with Gasteiger partial charge in [-0.15, -0.1) is 0 Å². The van der Waals surface area contributed by atoms with Crippen LogP contribution in [0.25, 0.3) is 0 Å². The van der Waals surface area contributed by atoms with E-state index in [0.29, 0.717) is 12.5 Å². The van der Waals surface area contributed by atoms with Crippen LogP contribution >= 0.6 is 0 Å². The molecule has 0 fully saturated rings. The van der Waals surface area contributed by atoms with Crippen molar-refractivity contribution >= 4 is 5.69 Å². The van der Waals surface area contributed by atoms with E-state index in [2.05, 4.69) is 5.32 Å². The summed E-state index contributed by atoms with van der Waals surface area (Å²) >= 11 is 0. The number of aliphatic hydroxyl groups excluding tert-OH is 1. The van der Waals surface area contributed by atoms with Gasteiger partial charge in [-0.05, 0) is 6.42 Å². The molecule has 0 aliphatic carbocycles. The second-order valence-corrected chi connectivity index (χ2v) is 3.19. The fourth-order valence-electron chi connectivity index (χ4n) is 1.06. The topological polar surface area (TPSA) is 32.3 Å². The maximum Gasteiger partial charge on any atom is 0.182 e. The predicted molar refractivity (Wildman–Crippen MR) is 51.1 cm³/mol. The molecule has 0 heterocycles. The van der Waals surface area contributed by atoms with Crippen molar-refractivity contribution in [2.45, 2.75) is 19.4 Å². The van der Waals surface area contributed by atoms with Crippen LogP contribution < -0.4 is 5.32 Å². The number of rotatable bonds is 4. The highest BCUT2D eigenvalue weighted by molar-refractivity contribution is 5.45. The Labute approximate surface area is 85.7 Å². The molecule has 1 atom stereocenters. The van der Waals surface area contributed by atoms with Crippen molar-refractivity contribution in [3.05, 3.63) is 29.6 Å². The number of aliphatic hydroxyl groups is 1. The Morgan fingerprint density at radius 2 is 2.00 bits per heavy atom. The quantitative estimate of drug-likeness (QED) is 0.761. The first-order chi connectivity index (χ1) is 7.04. The molecule has 84 valence electrons. The van der Waals surface area contributed by atoms with Gasteiger partial charge >= 0.3 is 0 Å². The van der Waals surface area contributed by atoms with Crippen LogP contribution in [0.2, 0.25) is 0 Å². The first kappa shape index (κ1) is 11.8. The largest absolute Gasteiger partial charge is 0.391 e. The van der Waals surface area contributed by atoms with Gasteiger partial charge in [0.25, 0.3) is 0 Å². The molecule has 0 aliphatic rings. The second-order valence-electron chi connectivity index (χ2n) is 3.19. The van der Waals surface area contributed by atoms with Gasteiger partial charge in [0, 0.05) is 18.7 Å². The number of hydrogen-bond donors (Lipinski definition) is 2. The molecule has 0 amide bonds. The van der Waals surface area contributed by atoms with Gasteiger partial charge in [0.2, 0.25) is 0 Å². The van der Waals surface area contributed by atoms with Crippen LogP contribution in [0.4, 0.5) is 18.9 Å². The van der Waals surface area contributed by atoms with Gasteiger partial charge in [-0.1, -0.05) is 6.92 Å². The minimum absolute atomic E-state index is 0.0519. The second kappa shape index (κ2) is 5.02. The van der Waals surface area contributed by atoms with Gasteiger partial charge in [-0.2, -0.15) is 0 Å². The summed E-state index contributed by atoms with van der Waals surface area (Å²) in [5.74, 6) is -3.24. The smallest absolute Gasteiger partial charge is 0.182 e. The zero-order chi connectivity index (χ0) is 11.4. The van der Waals surface area contributed by atoms with E-state index < -0.39 is 23.6 Å². The van der Waals surface area contributed by atoms with Gasteiger partial charge in [0.05, 0.1) is 11.8 Å². The van der Waals surface area contributed by atoms with Crippen molar-refractivity contribution in [2.24, 2.45) is 0 Å². The van der Waals surface area contributed by atoms with E-state index in [1.807, 2.05) is 0 Å². The summed E-state index contributed by atoms with van der Waals surface area (Å²) in [6, 6.07) is 1.32. The normalized spacial score (nSPS) is 12.6. The Kier molecular flexibility index (Phi) is 3.96. The predicted octanol–water partition coefficient (Wildman–Crippen LogP) is 2.29. The van der Waals surface area contributed by atoms with Crippen molar-refractivity contribution in [2.75, 3.05) is 11.9 Å². The Morgan fingerprint density at radius 1 is 1.33 bits per heavy atom. The summed E-state index contributed by atoms with van der Waals surface area (Å²) in [6.07, 6.45) is -0.192. The van der Waals surface area contributed by atoms with Crippen LogP contribution in [0.1, 0.15) is 13.3 Å². The molecule has 0 radical (unpaired) electrons. The number of halogens is 3. The molecular weight excluding hydrogens is 207 g/mol. The summed E-state index contributed by atoms with van der Waals surface area (Å²) < 4.78 is 38.5. The Balaban J connectivity index is 2.76. The van der Waals surface area contributed by atoms with Gasteiger partial charge in [-0.3, -0.25) is 0 Å². The Bertz CT molecular complexity index is 344. The minimum atomic E-state index is -1.25. The van der Waals surface area contributed by atoms with Crippen LogP contribution in [-0.2, 0) is 0 Å². The molecule has 2 nitrogen and oxygen atoms in total. The molecule has 0 saturated carbocycles. The number of nitrogens with one attached hydrogen (secondary N) is 1. The lowest BCUT2D eigenvalue weighted by Crippen LogP contribution is -2.19. The van der Waals surface area contributed by atoms with Crippen molar-refractivity contribution < 1.29 is 18.3 Å². The highest BCUT2D eigenvalue weighted by Crippen LogP contribution is 2.19. The summed E-state index contributed by atoms with van der Waals surface area (Å²) in [6.45, 7) is 1.80. The van der Waals surface area contributed by atoms with E-state index >= 15 is 0 Å². The molecule has 2 N–H and O–H groups in total. The third kappa shape index (κ3) is 3.13. The molecular formula is C10H12F3NO. The van der Waals surface area contributed by atoms with Crippen LogP contribution in [0, 0.1) is 17.5 Å². The van der Waals surface area contributed by atoms with Crippen LogP contribution in [0.5, 0.6) is 0 Å². The number of hydrogen-bond acceptors (Lipinski definition) is 2. The molecule has 0 bridgehead atoms. The monoisotopic (exact) mass is 219 g/mol. The first-order valence-electron chi connectivity index (χ1n) is 4.61. The van der Waals surface area contributed by atoms with E-state index in [0.717, 1.165) is 6.07 Å². The lowest BCUT2D eigenvalue weighted by atomic mass is 10.2. The first-order valence-corrected chi connectivity index (χ1v) is 4.61. The fraction of sp³-hybridized carbons (Fsp3) is 0.400. The molecule has 1 aromatic rings. The average molecular weight is 219 g/mol. The molecule has 15 heavy (non-hydrogen) atoms. The van der Waals surface area contributed by atoms with Crippen LogP contribution in [0.3, 0.4) is 0 Å². The molecule has 0 aromatic heterocycles. The Morgan fingerprint density at radius 3 is 2.60 bits per heavy atom. The highest BCUT2D eigenvalue weighted by Gasteiger charge is 2.11. The SMILES string of the molecule is CCC(O)CNc1cc(F)cc(F)c1F. The van der Waals surface area contributed by atoms with Gasteiger partial charge < -0.3 is 10.4 Å². The van der Waals surface area contributed by atoms with Crippen LogP contribution in [-0.4, -0.2) is 17.8 Å². The Hall–Kier alpha value is -1.23. The molecule has 0 saturated heterocycles. The average Bonchev–Trinajstić information content (AvgIpc) is 2.20. The zero-order valence-electron chi connectivity index (χ0n) is 8.23. The van der Waals surface area contributed by atoms with Crippen molar-refractivity contribution in [3.63, 3.8) is 0 Å². The number of anilines is 1. The highest BCUT2D eigenvalue weighted by atomic mass is 19.2. The van der Waals surface area contributed by atoms with Gasteiger partial charge in [0.15, 0.2) is 11.6 Å². The third-order valence-corrected chi connectivity index (χ3v) is 1.99. The van der Waals surface area contributed by atoms with E-state index in [1.54, 1.807) is 6.92 Å². The molecule has 1 rings (SSSR count). The molecule has 0 aliphatic heterocycles. The lowest BCUT2D eigenvalue weighted by Gasteiger charge is -2.11. The lowest BCUT2D eigenvalue weighted by molar-refractivity contribution is 0.183. The summed E-state index contributed by atoms with van der Waals surface area (Å²) in [5.41, 5.74) is -0.278. The van der Waals surface area contributed by atoms with Crippen LogP contribution in [0.15, 0.2) is 12.1 Å². The van der Waals surface area contributed by atoms with E-state index in [1.165, 1.54) is 0 Å².